The molecule has 0 bridgehead atoms. The highest BCUT2D eigenvalue weighted by Gasteiger charge is 2.15. The minimum Gasteiger partial charge on any atom is -0.508 e. The second-order valence-corrected chi connectivity index (χ2v) is 6.56. The first-order valence-corrected chi connectivity index (χ1v) is 9.48. The number of nitrogens with zero attached hydrogens (tertiary/aromatic N) is 6. The van der Waals surface area contributed by atoms with Gasteiger partial charge < -0.3 is 14.4 Å². The molecule has 0 fully saturated rings. The Balaban J connectivity index is 1.49. The summed E-state index contributed by atoms with van der Waals surface area (Å²) in [7, 11) is 0. The first kappa shape index (κ1) is 18.0. The van der Waals surface area contributed by atoms with Gasteiger partial charge in [0.25, 0.3) is 0 Å². The summed E-state index contributed by atoms with van der Waals surface area (Å²) >= 11 is 1.37. The maximum Gasteiger partial charge on any atom is 0.237 e. The van der Waals surface area contributed by atoms with Crippen LogP contribution in [0.3, 0.4) is 0 Å². The van der Waals surface area contributed by atoms with Gasteiger partial charge in [-0.3, -0.25) is 0 Å². The molecule has 28 heavy (non-hydrogen) atoms. The number of hydrogen-bond acceptors (Lipinski definition) is 9. The summed E-state index contributed by atoms with van der Waals surface area (Å²) in [4.78, 5) is 4.45. The van der Waals surface area contributed by atoms with Gasteiger partial charge in [0, 0.05) is 0 Å². The molecular formula is C18H16N6O3S. The summed E-state index contributed by atoms with van der Waals surface area (Å²) in [5, 5.41) is 25.8. The summed E-state index contributed by atoms with van der Waals surface area (Å²) in [6.07, 6.45) is 0. The van der Waals surface area contributed by atoms with Gasteiger partial charge in [-0.15, -0.1) is 5.10 Å². The number of phenols is 1. The largest absolute Gasteiger partial charge is 0.508 e. The van der Waals surface area contributed by atoms with Crippen LogP contribution in [0.25, 0.3) is 17.1 Å². The van der Waals surface area contributed by atoms with E-state index in [0.29, 0.717) is 35.0 Å². The molecule has 0 aliphatic heterocycles. The molecule has 0 aliphatic carbocycles. The van der Waals surface area contributed by atoms with E-state index in [9.17, 15) is 5.11 Å². The first-order valence-electron chi connectivity index (χ1n) is 8.50. The molecule has 0 saturated carbocycles. The van der Waals surface area contributed by atoms with Crippen molar-refractivity contribution < 1.29 is 14.4 Å². The summed E-state index contributed by atoms with van der Waals surface area (Å²) in [5.41, 5.74) is 1.51. The Kier molecular flexibility index (Phi) is 5.20. The minimum absolute atomic E-state index is 0.178. The molecule has 2 heterocycles. The molecule has 4 aromatic rings. The molecule has 0 saturated heterocycles. The lowest BCUT2D eigenvalue weighted by Crippen LogP contribution is -1.98. The zero-order valence-corrected chi connectivity index (χ0v) is 15.7. The lowest BCUT2D eigenvalue weighted by atomic mass is 10.2. The van der Waals surface area contributed by atoms with Crippen LogP contribution in [-0.2, 0) is 5.75 Å². The number of aromatic hydroxyl groups is 1. The van der Waals surface area contributed by atoms with E-state index in [-0.39, 0.29) is 5.75 Å². The highest BCUT2D eigenvalue weighted by Crippen LogP contribution is 2.29. The van der Waals surface area contributed by atoms with Crippen molar-refractivity contribution in [1.82, 2.24) is 30.3 Å². The molecule has 4 rings (SSSR count). The third-order valence-electron chi connectivity index (χ3n) is 3.76. The van der Waals surface area contributed by atoms with E-state index in [0.717, 1.165) is 11.3 Å². The van der Waals surface area contributed by atoms with Crippen LogP contribution in [0.2, 0.25) is 0 Å². The van der Waals surface area contributed by atoms with Crippen molar-refractivity contribution >= 4 is 11.8 Å². The van der Waals surface area contributed by atoms with Crippen LogP contribution in [0.5, 0.6) is 11.5 Å². The number of tetrazole rings is 1. The van der Waals surface area contributed by atoms with Crippen molar-refractivity contribution in [3.05, 3.63) is 54.4 Å². The fraction of sp³-hybridized carbons (Fsp3) is 0.167. The first-order chi connectivity index (χ1) is 13.7. The Hall–Kier alpha value is -3.40. The van der Waals surface area contributed by atoms with E-state index in [2.05, 4.69) is 25.7 Å². The maximum absolute atomic E-state index is 9.42. The third-order valence-corrected chi connectivity index (χ3v) is 4.66. The van der Waals surface area contributed by atoms with Crippen LogP contribution in [0.1, 0.15) is 12.8 Å². The normalized spacial score (nSPS) is 10.9. The van der Waals surface area contributed by atoms with Crippen molar-refractivity contribution in [1.29, 1.82) is 0 Å². The Labute approximate surface area is 164 Å². The number of benzene rings is 2. The van der Waals surface area contributed by atoms with Crippen molar-refractivity contribution in [2.45, 2.75) is 17.8 Å². The van der Waals surface area contributed by atoms with Crippen molar-refractivity contribution in [3.8, 4) is 28.6 Å². The van der Waals surface area contributed by atoms with E-state index in [1.54, 1.807) is 28.9 Å². The van der Waals surface area contributed by atoms with E-state index in [1.165, 1.54) is 11.8 Å². The number of hydrogen-bond donors (Lipinski definition) is 1. The zero-order valence-electron chi connectivity index (χ0n) is 14.9. The fourth-order valence-corrected chi connectivity index (χ4v) is 3.24. The maximum atomic E-state index is 9.42. The Bertz CT molecular complexity index is 1060. The fourth-order valence-electron chi connectivity index (χ4n) is 2.51. The molecular weight excluding hydrogens is 380 g/mol. The summed E-state index contributed by atoms with van der Waals surface area (Å²) in [6, 6.07) is 14.2. The Morgan fingerprint density at radius 2 is 1.96 bits per heavy atom. The van der Waals surface area contributed by atoms with Gasteiger partial charge in [0.05, 0.1) is 23.6 Å². The minimum atomic E-state index is 0.178. The highest BCUT2D eigenvalue weighted by atomic mass is 32.2. The van der Waals surface area contributed by atoms with Gasteiger partial charge in [-0.05, 0) is 53.7 Å². The number of phenolic OH excluding ortho intramolecular Hbond substituents is 1. The second-order valence-electron chi connectivity index (χ2n) is 5.62. The predicted octanol–water partition coefficient (Wildman–Crippen LogP) is 3.11. The standard InChI is InChI=1S/C18H16N6O3S/c1-2-26-15-6-4-3-5-14(15)17-19-16(27-21-17)11-28-18-20-22-23-24(18)12-7-9-13(25)10-8-12/h3-10,25H,2,11H2,1H3. The van der Waals surface area contributed by atoms with Gasteiger partial charge in [0.15, 0.2) is 0 Å². The van der Waals surface area contributed by atoms with E-state index < -0.39 is 0 Å². The number of ether oxygens (including phenoxy) is 1. The molecule has 2 aromatic heterocycles. The molecule has 9 nitrogen and oxygen atoms in total. The SMILES string of the molecule is CCOc1ccccc1-c1noc(CSc2nnnn2-c2ccc(O)cc2)n1. The number of thioether (sulfide) groups is 1. The number of para-hydroxylation sites is 1. The van der Waals surface area contributed by atoms with Gasteiger partial charge in [0.2, 0.25) is 16.9 Å². The Morgan fingerprint density at radius 1 is 1.14 bits per heavy atom. The second kappa shape index (κ2) is 8.09. The van der Waals surface area contributed by atoms with Gasteiger partial charge in [0.1, 0.15) is 11.5 Å². The van der Waals surface area contributed by atoms with E-state index in [4.69, 9.17) is 9.26 Å². The van der Waals surface area contributed by atoms with Crippen molar-refractivity contribution in [3.63, 3.8) is 0 Å². The zero-order chi connectivity index (χ0) is 19.3. The van der Waals surface area contributed by atoms with Crippen LogP contribution in [0.15, 0.2) is 58.2 Å². The van der Waals surface area contributed by atoms with E-state index in [1.807, 2.05) is 31.2 Å². The van der Waals surface area contributed by atoms with Crippen LogP contribution in [0.4, 0.5) is 0 Å². The van der Waals surface area contributed by atoms with Crippen LogP contribution >= 0.6 is 11.8 Å². The molecule has 0 amide bonds. The van der Waals surface area contributed by atoms with Gasteiger partial charge >= 0.3 is 0 Å². The number of aromatic nitrogens is 6. The molecule has 10 heteroatoms. The smallest absolute Gasteiger partial charge is 0.237 e. The van der Waals surface area contributed by atoms with Gasteiger partial charge in [-0.2, -0.15) is 9.67 Å². The topological polar surface area (TPSA) is 112 Å². The quantitative estimate of drug-likeness (QED) is 0.471. The van der Waals surface area contributed by atoms with Crippen LogP contribution < -0.4 is 4.74 Å². The average molecular weight is 396 g/mol. The Morgan fingerprint density at radius 3 is 2.79 bits per heavy atom. The third kappa shape index (κ3) is 3.81. The summed E-state index contributed by atoms with van der Waals surface area (Å²) in [5.74, 6) is 2.21. The number of rotatable bonds is 7. The molecule has 0 unspecified atom stereocenters. The summed E-state index contributed by atoms with van der Waals surface area (Å²) < 4.78 is 12.6. The van der Waals surface area contributed by atoms with Crippen molar-refractivity contribution in [2.75, 3.05) is 6.61 Å². The lowest BCUT2D eigenvalue weighted by molar-refractivity contribution is 0.341. The van der Waals surface area contributed by atoms with Gasteiger partial charge in [-0.1, -0.05) is 29.1 Å². The molecule has 1 N–H and O–H groups in total. The monoisotopic (exact) mass is 396 g/mol. The summed E-state index contributed by atoms with van der Waals surface area (Å²) in [6.45, 7) is 2.48. The highest BCUT2D eigenvalue weighted by molar-refractivity contribution is 7.98. The molecule has 142 valence electrons. The molecule has 0 radical (unpaired) electrons. The molecule has 0 atom stereocenters. The van der Waals surface area contributed by atoms with E-state index >= 15 is 0 Å². The van der Waals surface area contributed by atoms with Gasteiger partial charge in [-0.25, -0.2) is 0 Å². The van der Waals surface area contributed by atoms with Crippen LogP contribution in [-0.4, -0.2) is 42.1 Å². The molecule has 0 spiro atoms. The lowest BCUT2D eigenvalue weighted by Gasteiger charge is -2.06. The van der Waals surface area contributed by atoms with Crippen LogP contribution in [0, 0.1) is 0 Å². The molecule has 2 aromatic carbocycles. The molecule has 0 aliphatic rings. The van der Waals surface area contributed by atoms with Crippen molar-refractivity contribution in [2.24, 2.45) is 0 Å². The predicted molar refractivity (Wildman–Crippen MR) is 101 cm³/mol. The average Bonchev–Trinajstić information content (AvgIpc) is 3.37.